The van der Waals surface area contributed by atoms with E-state index in [2.05, 4.69) is 21.8 Å². The first-order valence-electron chi connectivity index (χ1n) is 7.32. The molecule has 0 radical (unpaired) electrons. The van der Waals surface area contributed by atoms with Crippen LogP contribution in [0, 0.1) is 11.8 Å². The zero-order valence-electron chi connectivity index (χ0n) is 13.8. The summed E-state index contributed by atoms with van der Waals surface area (Å²) in [7, 11) is 0. The highest BCUT2D eigenvalue weighted by atomic mass is 32.2. The molecule has 1 unspecified atom stereocenters. The Bertz CT molecular complexity index is 726. The SMILES string of the molecule is CC#CC(O)(c1cncnc1)C(C)(C)Sc1ccc(OCF)cc1. The number of ether oxygens (including phenoxy) is 1. The van der Waals surface area contributed by atoms with E-state index in [0.717, 1.165) is 4.90 Å². The number of benzene rings is 1. The highest BCUT2D eigenvalue weighted by Crippen LogP contribution is 2.45. The smallest absolute Gasteiger partial charge is 0.228 e. The summed E-state index contributed by atoms with van der Waals surface area (Å²) in [5, 5.41) is 11.3. The average Bonchev–Trinajstić information content (AvgIpc) is 2.57. The Balaban J connectivity index is 2.32. The Morgan fingerprint density at radius 3 is 2.38 bits per heavy atom. The number of hydrogen-bond acceptors (Lipinski definition) is 5. The molecule has 0 bridgehead atoms. The van der Waals surface area contributed by atoms with Crippen molar-refractivity contribution in [2.24, 2.45) is 0 Å². The molecule has 1 N–H and O–H groups in total. The van der Waals surface area contributed by atoms with Crippen molar-refractivity contribution in [2.45, 2.75) is 36.0 Å². The minimum absolute atomic E-state index is 0.458. The molecule has 0 aliphatic heterocycles. The summed E-state index contributed by atoms with van der Waals surface area (Å²) in [6.45, 7) is 4.62. The van der Waals surface area contributed by atoms with Gasteiger partial charge in [-0.1, -0.05) is 5.92 Å². The van der Waals surface area contributed by atoms with Crippen LogP contribution in [0.5, 0.6) is 5.75 Å². The summed E-state index contributed by atoms with van der Waals surface area (Å²) in [5.41, 5.74) is -0.892. The Morgan fingerprint density at radius 2 is 1.83 bits per heavy atom. The van der Waals surface area contributed by atoms with Crippen molar-refractivity contribution < 1.29 is 14.2 Å². The van der Waals surface area contributed by atoms with E-state index in [1.807, 2.05) is 26.0 Å². The van der Waals surface area contributed by atoms with Gasteiger partial charge in [0.05, 0.1) is 4.75 Å². The Kier molecular flexibility index (Phi) is 5.81. The van der Waals surface area contributed by atoms with E-state index >= 15 is 0 Å². The van der Waals surface area contributed by atoms with Crippen LogP contribution >= 0.6 is 11.8 Å². The first-order chi connectivity index (χ1) is 11.4. The minimum Gasteiger partial charge on any atom is -0.463 e. The van der Waals surface area contributed by atoms with Gasteiger partial charge in [0.2, 0.25) is 6.86 Å². The second-order valence-corrected chi connectivity index (χ2v) is 7.25. The van der Waals surface area contributed by atoms with Gasteiger partial charge in [-0.15, -0.1) is 17.7 Å². The lowest BCUT2D eigenvalue weighted by Gasteiger charge is -2.38. The first-order valence-corrected chi connectivity index (χ1v) is 8.14. The molecule has 0 saturated heterocycles. The number of nitrogens with zero attached hydrogens (tertiary/aromatic N) is 2. The van der Waals surface area contributed by atoms with Gasteiger partial charge in [-0.05, 0) is 45.0 Å². The van der Waals surface area contributed by atoms with Crippen LogP contribution in [0.25, 0.3) is 0 Å². The van der Waals surface area contributed by atoms with Gasteiger partial charge in [-0.25, -0.2) is 14.4 Å². The number of thioether (sulfide) groups is 1. The zero-order valence-corrected chi connectivity index (χ0v) is 14.6. The van der Waals surface area contributed by atoms with Gasteiger partial charge in [-0.3, -0.25) is 0 Å². The molecule has 0 amide bonds. The number of aromatic nitrogens is 2. The zero-order chi connectivity index (χ0) is 17.6. The van der Waals surface area contributed by atoms with E-state index in [4.69, 9.17) is 4.74 Å². The molecule has 0 spiro atoms. The molecule has 24 heavy (non-hydrogen) atoms. The van der Waals surface area contributed by atoms with Gasteiger partial charge in [0, 0.05) is 22.9 Å². The van der Waals surface area contributed by atoms with Crippen LogP contribution in [-0.2, 0) is 5.60 Å². The van der Waals surface area contributed by atoms with Crippen molar-refractivity contribution in [2.75, 3.05) is 6.86 Å². The number of hydrogen-bond donors (Lipinski definition) is 1. The molecular formula is C18H19FN2O2S. The van der Waals surface area contributed by atoms with Crippen molar-refractivity contribution >= 4 is 11.8 Å². The number of alkyl halides is 1. The summed E-state index contributed by atoms with van der Waals surface area (Å²) in [5.74, 6) is 6.15. The maximum atomic E-state index is 12.2. The fourth-order valence-corrected chi connectivity index (χ4v) is 3.45. The minimum atomic E-state index is -1.43. The summed E-state index contributed by atoms with van der Waals surface area (Å²) in [6, 6.07) is 7.01. The summed E-state index contributed by atoms with van der Waals surface area (Å²) < 4.78 is 16.3. The van der Waals surface area contributed by atoms with Crippen LogP contribution in [0.15, 0.2) is 47.9 Å². The van der Waals surface area contributed by atoms with Crippen molar-refractivity contribution in [3.63, 3.8) is 0 Å². The lowest BCUT2D eigenvalue weighted by Crippen LogP contribution is -2.44. The van der Waals surface area contributed by atoms with Gasteiger partial charge in [0.25, 0.3) is 0 Å². The average molecular weight is 346 g/mol. The van der Waals surface area contributed by atoms with Crippen LogP contribution in [0.3, 0.4) is 0 Å². The van der Waals surface area contributed by atoms with Crippen LogP contribution < -0.4 is 4.74 Å². The molecule has 0 saturated carbocycles. The van der Waals surface area contributed by atoms with Gasteiger partial charge < -0.3 is 9.84 Å². The quantitative estimate of drug-likeness (QED) is 0.640. The summed E-state index contributed by atoms with van der Waals surface area (Å²) in [4.78, 5) is 8.87. The number of halogens is 1. The monoisotopic (exact) mass is 346 g/mol. The van der Waals surface area contributed by atoms with Gasteiger partial charge >= 0.3 is 0 Å². The highest BCUT2D eigenvalue weighted by Gasteiger charge is 2.45. The fourth-order valence-electron chi connectivity index (χ4n) is 2.27. The standard InChI is InChI=1S/C18H19FN2O2S/c1-4-9-18(22,14-10-20-13-21-11-14)17(2,3)24-16-7-5-15(6-8-16)23-12-19/h5-8,10-11,13,22H,12H2,1-3H3. The molecule has 0 fully saturated rings. The van der Waals surface area contributed by atoms with E-state index in [9.17, 15) is 9.50 Å². The molecule has 4 nitrogen and oxygen atoms in total. The Labute approximate surface area is 145 Å². The lowest BCUT2D eigenvalue weighted by atomic mass is 9.84. The molecule has 0 aliphatic carbocycles. The summed E-state index contributed by atoms with van der Waals surface area (Å²) >= 11 is 1.46. The topological polar surface area (TPSA) is 55.2 Å². The van der Waals surface area contributed by atoms with Crippen molar-refractivity contribution in [1.29, 1.82) is 0 Å². The van der Waals surface area contributed by atoms with E-state index < -0.39 is 17.2 Å². The molecule has 2 aromatic rings. The van der Waals surface area contributed by atoms with E-state index in [-0.39, 0.29) is 0 Å². The molecule has 0 aliphatic rings. The highest BCUT2D eigenvalue weighted by molar-refractivity contribution is 8.00. The van der Waals surface area contributed by atoms with Gasteiger partial charge in [0.1, 0.15) is 12.1 Å². The molecule has 2 rings (SSSR count). The lowest BCUT2D eigenvalue weighted by molar-refractivity contribution is 0.0667. The second-order valence-electron chi connectivity index (χ2n) is 5.55. The molecule has 1 aromatic heterocycles. The van der Waals surface area contributed by atoms with Crippen molar-refractivity contribution in [3.05, 3.63) is 48.5 Å². The van der Waals surface area contributed by atoms with E-state index in [1.54, 1.807) is 31.5 Å². The van der Waals surface area contributed by atoms with Crippen LogP contribution in [-0.4, -0.2) is 26.7 Å². The maximum Gasteiger partial charge on any atom is 0.228 e. The van der Waals surface area contributed by atoms with Gasteiger partial charge in [0.15, 0.2) is 5.60 Å². The third-order valence-electron chi connectivity index (χ3n) is 3.57. The van der Waals surface area contributed by atoms with Crippen molar-refractivity contribution in [3.8, 4) is 17.6 Å². The molecule has 1 aromatic carbocycles. The normalized spacial score (nSPS) is 13.5. The fraction of sp³-hybridized carbons (Fsp3) is 0.333. The Morgan fingerprint density at radius 1 is 1.21 bits per heavy atom. The third-order valence-corrected chi connectivity index (χ3v) is 4.89. The molecular weight excluding hydrogens is 327 g/mol. The van der Waals surface area contributed by atoms with Gasteiger partial charge in [-0.2, -0.15) is 0 Å². The molecule has 1 atom stereocenters. The molecule has 1 heterocycles. The predicted molar refractivity (Wildman–Crippen MR) is 92.4 cm³/mol. The van der Waals surface area contributed by atoms with E-state index in [0.29, 0.717) is 11.3 Å². The Hall–Kier alpha value is -2.10. The van der Waals surface area contributed by atoms with Crippen LogP contribution in [0.2, 0.25) is 0 Å². The largest absolute Gasteiger partial charge is 0.463 e. The molecule has 6 heteroatoms. The first kappa shape index (κ1) is 18.2. The third kappa shape index (κ3) is 3.86. The molecule has 126 valence electrons. The second kappa shape index (κ2) is 7.65. The number of aliphatic hydroxyl groups is 1. The number of rotatable bonds is 6. The van der Waals surface area contributed by atoms with Crippen molar-refractivity contribution in [1.82, 2.24) is 9.97 Å². The van der Waals surface area contributed by atoms with Crippen LogP contribution in [0.4, 0.5) is 4.39 Å². The predicted octanol–water partition coefficient (Wildman–Crippen LogP) is 3.56. The summed E-state index contributed by atoms with van der Waals surface area (Å²) in [6.07, 6.45) is 4.54. The van der Waals surface area contributed by atoms with E-state index in [1.165, 1.54) is 18.1 Å². The van der Waals surface area contributed by atoms with Crippen LogP contribution in [0.1, 0.15) is 26.3 Å². The maximum absolute atomic E-state index is 12.2.